The fraction of sp³-hybridized carbons (Fsp3) is 0.862. The van der Waals surface area contributed by atoms with Crippen molar-refractivity contribution in [2.75, 3.05) is 6.61 Å². The Hall–Kier alpha value is -0.206. The molecule has 0 spiro atoms. The largest absolute Gasteiger partial charge is 0.409 e. The standard InChI is InChI=1S/C29H60O3Si2/c1-8-12-14-15-16-17-18-19-20-21-22-23-24-26-28-30-33(6,10-3)32-34(7,11-4)31-29(5)27-25-13-9-2/h10-11,29H,3-4,8-9,12-28H2,1-2,5-7H3. The first-order chi connectivity index (χ1) is 16.3. The average molecular weight is 513 g/mol. The molecule has 0 heterocycles. The van der Waals surface area contributed by atoms with Gasteiger partial charge in [-0.25, -0.2) is 0 Å². The van der Waals surface area contributed by atoms with Crippen LogP contribution in [0.2, 0.25) is 13.1 Å². The van der Waals surface area contributed by atoms with E-state index in [1.54, 1.807) is 0 Å². The van der Waals surface area contributed by atoms with Crippen molar-refractivity contribution in [3.05, 3.63) is 24.6 Å². The molecule has 0 aromatic heterocycles. The van der Waals surface area contributed by atoms with Crippen molar-refractivity contribution < 1.29 is 13.0 Å². The van der Waals surface area contributed by atoms with E-state index < -0.39 is 17.1 Å². The molecule has 0 aliphatic rings. The molecule has 0 N–H and O–H groups in total. The second kappa shape index (κ2) is 22.0. The lowest BCUT2D eigenvalue weighted by molar-refractivity contribution is 0.147. The predicted molar refractivity (Wildman–Crippen MR) is 156 cm³/mol. The summed E-state index contributed by atoms with van der Waals surface area (Å²) in [6.07, 6.45) is 24.1. The van der Waals surface area contributed by atoms with E-state index in [0.29, 0.717) is 0 Å². The van der Waals surface area contributed by atoms with Gasteiger partial charge in [0.15, 0.2) is 0 Å². The number of unbranched alkanes of at least 4 members (excludes halogenated alkanes) is 15. The van der Waals surface area contributed by atoms with Gasteiger partial charge < -0.3 is 13.0 Å². The van der Waals surface area contributed by atoms with Crippen LogP contribution in [0, 0.1) is 0 Å². The second-order valence-corrected chi connectivity index (χ2v) is 16.6. The Kier molecular flexibility index (Phi) is 21.9. The van der Waals surface area contributed by atoms with Crippen LogP contribution in [-0.2, 0) is 13.0 Å². The molecule has 0 amide bonds. The summed E-state index contributed by atoms with van der Waals surface area (Å²) in [6, 6.07) is 0. The third kappa shape index (κ3) is 19.0. The zero-order chi connectivity index (χ0) is 25.5. The first kappa shape index (κ1) is 33.8. The van der Waals surface area contributed by atoms with Gasteiger partial charge in [-0.15, -0.1) is 13.2 Å². The Morgan fingerprint density at radius 1 is 0.618 bits per heavy atom. The lowest BCUT2D eigenvalue weighted by atomic mass is 10.0. The summed E-state index contributed by atoms with van der Waals surface area (Å²) in [6.45, 7) is 19.6. The zero-order valence-corrected chi connectivity index (χ0v) is 25.8. The van der Waals surface area contributed by atoms with Gasteiger partial charge in [0, 0.05) is 12.7 Å². The van der Waals surface area contributed by atoms with Crippen molar-refractivity contribution >= 4 is 17.1 Å². The predicted octanol–water partition coefficient (Wildman–Crippen LogP) is 10.1. The van der Waals surface area contributed by atoms with E-state index in [9.17, 15) is 0 Å². The molecule has 0 aromatic carbocycles. The molecular weight excluding hydrogens is 452 g/mol. The molecule has 3 unspecified atom stereocenters. The first-order valence-electron chi connectivity index (χ1n) is 14.6. The summed E-state index contributed by atoms with van der Waals surface area (Å²) >= 11 is 0. The van der Waals surface area contributed by atoms with Gasteiger partial charge in [-0.1, -0.05) is 128 Å². The fourth-order valence-electron chi connectivity index (χ4n) is 4.36. The molecule has 0 aromatic rings. The highest BCUT2D eigenvalue weighted by atomic mass is 28.5. The summed E-state index contributed by atoms with van der Waals surface area (Å²) in [5, 5.41) is 0. The molecule has 0 bridgehead atoms. The molecule has 0 rings (SSSR count). The average Bonchev–Trinajstić information content (AvgIpc) is 2.81. The lowest BCUT2D eigenvalue weighted by Gasteiger charge is -2.35. The van der Waals surface area contributed by atoms with E-state index in [1.807, 2.05) is 11.4 Å². The molecule has 3 nitrogen and oxygen atoms in total. The maximum atomic E-state index is 6.52. The van der Waals surface area contributed by atoms with Crippen molar-refractivity contribution in [1.29, 1.82) is 0 Å². The highest BCUT2D eigenvalue weighted by Crippen LogP contribution is 2.22. The van der Waals surface area contributed by atoms with Crippen LogP contribution in [0.3, 0.4) is 0 Å². The van der Waals surface area contributed by atoms with Crippen LogP contribution in [0.25, 0.3) is 0 Å². The van der Waals surface area contributed by atoms with Crippen molar-refractivity contribution in [2.24, 2.45) is 0 Å². The van der Waals surface area contributed by atoms with Gasteiger partial charge in [-0.2, -0.15) is 0 Å². The number of rotatable bonds is 26. The smallest absolute Gasteiger partial charge is 0.352 e. The summed E-state index contributed by atoms with van der Waals surface area (Å²) in [4.78, 5) is 0. The zero-order valence-electron chi connectivity index (χ0n) is 23.8. The quantitative estimate of drug-likeness (QED) is 0.0852. The molecule has 0 aliphatic carbocycles. The first-order valence-corrected chi connectivity index (χ1v) is 19.4. The third-order valence-electron chi connectivity index (χ3n) is 6.68. The second-order valence-electron chi connectivity index (χ2n) is 10.4. The summed E-state index contributed by atoms with van der Waals surface area (Å²) in [5.41, 5.74) is 3.80. The monoisotopic (exact) mass is 512 g/mol. The van der Waals surface area contributed by atoms with Gasteiger partial charge in [0.05, 0.1) is 0 Å². The Balaban J connectivity index is 3.94. The van der Waals surface area contributed by atoms with E-state index in [0.717, 1.165) is 19.4 Å². The molecule has 0 saturated heterocycles. The van der Waals surface area contributed by atoms with Crippen molar-refractivity contribution in [3.8, 4) is 0 Å². The minimum atomic E-state index is -2.48. The molecule has 34 heavy (non-hydrogen) atoms. The molecule has 0 saturated carbocycles. The Labute approximate surface area is 216 Å². The number of hydrogen-bond acceptors (Lipinski definition) is 3. The van der Waals surface area contributed by atoms with Crippen LogP contribution in [-0.4, -0.2) is 29.8 Å². The van der Waals surface area contributed by atoms with Crippen LogP contribution in [0.15, 0.2) is 24.6 Å². The molecule has 0 fully saturated rings. The van der Waals surface area contributed by atoms with Crippen LogP contribution in [0.1, 0.15) is 136 Å². The number of hydrogen-bond donors (Lipinski definition) is 0. The molecular formula is C29H60O3Si2. The third-order valence-corrected chi connectivity index (χ3v) is 13.1. The van der Waals surface area contributed by atoms with E-state index in [-0.39, 0.29) is 6.10 Å². The highest BCUT2D eigenvalue weighted by Gasteiger charge is 2.40. The van der Waals surface area contributed by atoms with Gasteiger partial charge in [0.1, 0.15) is 0 Å². The molecule has 3 atom stereocenters. The van der Waals surface area contributed by atoms with E-state index in [2.05, 4.69) is 47.0 Å². The van der Waals surface area contributed by atoms with E-state index in [4.69, 9.17) is 13.0 Å². The van der Waals surface area contributed by atoms with Crippen LogP contribution < -0.4 is 0 Å². The molecule has 202 valence electrons. The van der Waals surface area contributed by atoms with Gasteiger partial charge >= 0.3 is 17.1 Å². The van der Waals surface area contributed by atoms with Gasteiger partial charge in [-0.3, -0.25) is 0 Å². The van der Waals surface area contributed by atoms with Crippen molar-refractivity contribution in [3.63, 3.8) is 0 Å². The van der Waals surface area contributed by atoms with Crippen molar-refractivity contribution in [1.82, 2.24) is 0 Å². The van der Waals surface area contributed by atoms with E-state index >= 15 is 0 Å². The van der Waals surface area contributed by atoms with Crippen molar-refractivity contribution in [2.45, 2.75) is 156 Å². The van der Waals surface area contributed by atoms with Crippen LogP contribution in [0.4, 0.5) is 0 Å². The summed E-state index contributed by atoms with van der Waals surface area (Å²) in [5.74, 6) is 0. The van der Waals surface area contributed by atoms with Gasteiger partial charge in [0.25, 0.3) is 0 Å². The normalized spacial score (nSPS) is 16.0. The Morgan fingerprint density at radius 2 is 1.03 bits per heavy atom. The summed E-state index contributed by atoms with van der Waals surface area (Å²) in [7, 11) is -4.94. The maximum absolute atomic E-state index is 6.52. The van der Waals surface area contributed by atoms with Crippen LogP contribution in [0.5, 0.6) is 0 Å². The SMILES string of the molecule is C=C[Si](C)(OCCCCCCCCCCCCCCCC)O[Si](C)(C=C)OC(C)CCCCC. The van der Waals surface area contributed by atoms with E-state index in [1.165, 1.54) is 103 Å². The minimum absolute atomic E-state index is 0.190. The lowest BCUT2D eigenvalue weighted by Crippen LogP contribution is -2.51. The van der Waals surface area contributed by atoms with Crippen LogP contribution >= 0.6 is 0 Å². The highest BCUT2D eigenvalue weighted by molar-refractivity contribution is 6.84. The fourth-order valence-corrected chi connectivity index (χ4v) is 10.4. The van der Waals surface area contributed by atoms with Gasteiger partial charge in [0.2, 0.25) is 0 Å². The minimum Gasteiger partial charge on any atom is -0.409 e. The molecule has 0 aliphatic heterocycles. The molecule has 5 heteroatoms. The Morgan fingerprint density at radius 3 is 1.47 bits per heavy atom. The maximum Gasteiger partial charge on any atom is 0.352 e. The topological polar surface area (TPSA) is 27.7 Å². The Bertz CT molecular complexity index is 488. The van der Waals surface area contributed by atoms with Gasteiger partial charge in [-0.05, 0) is 32.9 Å². The summed E-state index contributed by atoms with van der Waals surface area (Å²) < 4.78 is 19.2. The molecule has 0 radical (unpaired) electrons.